The van der Waals surface area contributed by atoms with Crippen LogP contribution in [-0.4, -0.2) is 35.7 Å². The quantitative estimate of drug-likeness (QED) is 0.628. The second-order valence-corrected chi connectivity index (χ2v) is 5.40. The van der Waals surface area contributed by atoms with Crippen LogP contribution in [0.15, 0.2) is 0 Å². The maximum Gasteiger partial charge on any atom is 0.234 e. The summed E-state index contributed by atoms with van der Waals surface area (Å²) in [6, 6.07) is 0.375. The van der Waals surface area contributed by atoms with Crippen molar-refractivity contribution in [3.63, 3.8) is 0 Å². The van der Waals surface area contributed by atoms with Crippen molar-refractivity contribution >= 4 is 5.91 Å². The van der Waals surface area contributed by atoms with Crippen molar-refractivity contribution in [2.24, 2.45) is 0 Å². The van der Waals surface area contributed by atoms with Crippen LogP contribution >= 0.6 is 0 Å². The van der Waals surface area contributed by atoms with Crippen LogP contribution in [0.5, 0.6) is 0 Å². The highest BCUT2D eigenvalue weighted by Gasteiger charge is 2.20. The van der Waals surface area contributed by atoms with Crippen LogP contribution in [0.1, 0.15) is 52.4 Å². The minimum Gasteiger partial charge on any atom is -0.389 e. The van der Waals surface area contributed by atoms with Crippen LogP contribution in [0.25, 0.3) is 0 Å². The van der Waals surface area contributed by atoms with Gasteiger partial charge in [-0.15, -0.1) is 0 Å². The van der Waals surface area contributed by atoms with Crippen molar-refractivity contribution in [2.75, 3.05) is 13.1 Å². The molecule has 0 heterocycles. The molecule has 4 nitrogen and oxygen atoms in total. The third-order valence-corrected chi connectivity index (χ3v) is 3.30. The number of rotatable bonds is 7. The van der Waals surface area contributed by atoms with E-state index in [-0.39, 0.29) is 5.91 Å². The molecule has 3 N–H and O–H groups in total. The Morgan fingerprint density at radius 1 is 1.41 bits per heavy atom. The van der Waals surface area contributed by atoms with Gasteiger partial charge >= 0.3 is 0 Å². The topological polar surface area (TPSA) is 61.4 Å². The molecule has 1 aliphatic carbocycles. The number of nitrogens with one attached hydrogen (secondary N) is 2. The standard InChI is InChI=1S/C13H26N2O2/c1-3-8-13(2,17)10-14-9-12(16)15-11-6-4-5-7-11/h11,14,17H,3-10H2,1-2H3,(H,15,16). The largest absolute Gasteiger partial charge is 0.389 e. The lowest BCUT2D eigenvalue weighted by Crippen LogP contribution is -2.44. The molecule has 100 valence electrons. The Morgan fingerprint density at radius 3 is 2.65 bits per heavy atom. The van der Waals surface area contributed by atoms with Crippen LogP contribution < -0.4 is 10.6 Å². The van der Waals surface area contributed by atoms with Gasteiger partial charge in [0.15, 0.2) is 0 Å². The molecular weight excluding hydrogens is 216 g/mol. The summed E-state index contributed by atoms with van der Waals surface area (Å²) < 4.78 is 0. The Balaban J connectivity index is 2.10. The molecule has 1 fully saturated rings. The van der Waals surface area contributed by atoms with Gasteiger partial charge in [-0.25, -0.2) is 0 Å². The molecule has 0 spiro atoms. The average Bonchev–Trinajstić information content (AvgIpc) is 2.69. The molecule has 1 amide bonds. The minimum atomic E-state index is -0.706. The number of carbonyl (C=O) groups excluding carboxylic acids is 1. The Bertz CT molecular complexity index is 236. The number of hydrogen-bond acceptors (Lipinski definition) is 3. The van der Waals surface area contributed by atoms with Crippen molar-refractivity contribution in [1.82, 2.24) is 10.6 Å². The van der Waals surface area contributed by atoms with Gasteiger partial charge in [-0.2, -0.15) is 0 Å². The van der Waals surface area contributed by atoms with Crippen LogP contribution in [0, 0.1) is 0 Å². The van der Waals surface area contributed by atoms with Crippen LogP contribution in [-0.2, 0) is 4.79 Å². The molecule has 0 aromatic rings. The molecular formula is C13H26N2O2. The van der Waals surface area contributed by atoms with E-state index < -0.39 is 5.60 Å². The molecule has 1 unspecified atom stereocenters. The molecule has 1 saturated carbocycles. The van der Waals surface area contributed by atoms with Gasteiger partial charge in [0, 0.05) is 12.6 Å². The normalized spacial score (nSPS) is 20.2. The maximum atomic E-state index is 11.6. The monoisotopic (exact) mass is 242 g/mol. The van der Waals surface area contributed by atoms with Gasteiger partial charge in [-0.05, 0) is 26.2 Å². The highest BCUT2D eigenvalue weighted by Crippen LogP contribution is 2.17. The zero-order valence-electron chi connectivity index (χ0n) is 11.1. The molecule has 0 bridgehead atoms. The lowest BCUT2D eigenvalue weighted by Gasteiger charge is -2.23. The number of hydrogen-bond donors (Lipinski definition) is 3. The summed E-state index contributed by atoms with van der Waals surface area (Å²) in [6.45, 7) is 4.62. The van der Waals surface area contributed by atoms with E-state index in [0.29, 0.717) is 19.1 Å². The Labute approximate surface area is 104 Å². The first-order valence-electron chi connectivity index (χ1n) is 6.76. The van der Waals surface area contributed by atoms with Crippen LogP contribution in [0.3, 0.4) is 0 Å². The molecule has 1 rings (SSSR count). The Kier molecular flexibility index (Phi) is 5.92. The predicted molar refractivity (Wildman–Crippen MR) is 68.8 cm³/mol. The fourth-order valence-electron chi connectivity index (χ4n) is 2.42. The van der Waals surface area contributed by atoms with E-state index in [4.69, 9.17) is 0 Å². The molecule has 0 aromatic heterocycles. The summed E-state index contributed by atoms with van der Waals surface area (Å²) in [5, 5.41) is 16.0. The van der Waals surface area contributed by atoms with Crippen LogP contribution in [0.4, 0.5) is 0 Å². The third kappa shape index (κ3) is 6.03. The zero-order chi connectivity index (χ0) is 12.7. The van der Waals surface area contributed by atoms with Crippen molar-refractivity contribution in [3.8, 4) is 0 Å². The Hall–Kier alpha value is -0.610. The number of amides is 1. The fraction of sp³-hybridized carbons (Fsp3) is 0.923. The smallest absolute Gasteiger partial charge is 0.234 e. The number of aliphatic hydroxyl groups is 1. The lowest BCUT2D eigenvalue weighted by atomic mass is 10.0. The summed E-state index contributed by atoms with van der Waals surface area (Å²) in [5.41, 5.74) is -0.706. The molecule has 4 heteroatoms. The van der Waals surface area contributed by atoms with E-state index >= 15 is 0 Å². The minimum absolute atomic E-state index is 0.0456. The van der Waals surface area contributed by atoms with Crippen LogP contribution in [0.2, 0.25) is 0 Å². The van der Waals surface area contributed by atoms with Crippen molar-refractivity contribution in [2.45, 2.75) is 64.0 Å². The molecule has 0 saturated heterocycles. The summed E-state index contributed by atoms with van der Waals surface area (Å²) in [7, 11) is 0. The van der Waals surface area contributed by atoms with Gasteiger partial charge < -0.3 is 15.7 Å². The van der Waals surface area contributed by atoms with Gasteiger partial charge in [0.2, 0.25) is 5.91 Å². The molecule has 0 radical (unpaired) electrons. The van der Waals surface area contributed by atoms with E-state index in [1.807, 2.05) is 6.92 Å². The highest BCUT2D eigenvalue weighted by molar-refractivity contribution is 5.78. The van der Waals surface area contributed by atoms with E-state index in [9.17, 15) is 9.90 Å². The first-order chi connectivity index (χ1) is 8.03. The van der Waals surface area contributed by atoms with Gasteiger partial charge in [0.25, 0.3) is 0 Å². The molecule has 17 heavy (non-hydrogen) atoms. The van der Waals surface area contributed by atoms with Gasteiger partial charge in [0.05, 0.1) is 12.1 Å². The SMILES string of the molecule is CCCC(C)(O)CNCC(=O)NC1CCCC1. The zero-order valence-corrected chi connectivity index (χ0v) is 11.1. The van der Waals surface area contributed by atoms with Crippen molar-refractivity contribution in [1.29, 1.82) is 0 Å². The maximum absolute atomic E-state index is 11.6. The third-order valence-electron chi connectivity index (χ3n) is 3.30. The van der Waals surface area contributed by atoms with Crippen molar-refractivity contribution < 1.29 is 9.90 Å². The predicted octanol–water partition coefficient (Wildman–Crippen LogP) is 1.19. The second-order valence-electron chi connectivity index (χ2n) is 5.40. The van der Waals surface area contributed by atoms with E-state index in [1.165, 1.54) is 12.8 Å². The van der Waals surface area contributed by atoms with Crippen molar-refractivity contribution in [3.05, 3.63) is 0 Å². The average molecular weight is 242 g/mol. The van der Waals surface area contributed by atoms with E-state index in [0.717, 1.165) is 25.7 Å². The number of carbonyl (C=O) groups is 1. The second kappa shape index (κ2) is 6.97. The molecule has 0 aliphatic heterocycles. The van der Waals surface area contributed by atoms with Gasteiger partial charge in [0.1, 0.15) is 0 Å². The Morgan fingerprint density at radius 2 is 2.06 bits per heavy atom. The summed E-state index contributed by atoms with van der Waals surface area (Å²) >= 11 is 0. The molecule has 0 aromatic carbocycles. The van der Waals surface area contributed by atoms with E-state index in [2.05, 4.69) is 10.6 Å². The summed E-state index contributed by atoms with van der Waals surface area (Å²) in [5.74, 6) is 0.0456. The first kappa shape index (κ1) is 14.5. The molecule has 1 atom stereocenters. The first-order valence-corrected chi connectivity index (χ1v) is 6.76. The van der Waals surface area contributed by atoms with E-state index in [1.54, 1.807) is 6.92 Å². The molecule has 1 aliphatic rings. The van der Waals surface area contributed by atoms with Gasteiger partial charge in [-0.1, -0.05) is 26.2 Å². The summed E-state index contributed by atoms with van der Waals surface area (Å²) in [6.07, 6.45) is 6.37. The van der Waals surface area contributed by atoms with Gasteiger partial charge in [-0.3, -0.25) is 4.79 Å². The fourth-order valence-corrected chi connectivity index (χ4v) is 2.42. The summed E-state index contributed by atoms with van der Waals surface area (Å²) in [4.78, 5) is 11.6. The lowest BCUT2D eigenvalue weighted by molar-refractivity contribution is -0.121. The highest BCUT2D eigenvalue weighted by atomic mass is 16.3.